The van der Waals surface area contributed by atoms with Crippen LogP contribution < -0.4 is 4.74 Å². The summed E-state index contributed by atoms with van der Waals surface area (Å²) in [5, 5.41) is 0. The highest BCUT2D eigenvalue weighted by Crippen LogP contribution is 2.22. The van der Waals surface area contributed by atoms with E-state index in [0.717, 1.165) is 18.7 Å². The summed E-state index contributed by atoms with van der Waals surface area (Å²) in [7, 11) is 2.20. The third-order valence-electron chi connectivity index (χ3n) is 4.82. The molecule has 0 bridgehead atoms. The van der Waals surface area contributed by atoms with Gasteiger partial charge in [0, 0.05) is 32.7 Å². The molecule has 0 radical (unpaired) electrons. The van der Waals surface area contributed by atoms with Crippen molar-refractivity contribution in [3.8, 4) is 5.75 Å². The van der Waals surface area contributed by atoms with Crippen molar-refractivity contribution < 1.29 is 4.74 Å². The molecular weight excluding hydrogens is 296 g/mol. The fourth-order valence-corrected chi connectivity index (χ4v) is 3.09. The van der Waals surface area contributed by atoms with Crippen LogP contribution in [0.3, 0.4) is 0 Å². The van der Waals surface area contributed by atoms with Gasteiger partial charge in [-0.2, -0.15) is 0 Å². The van der Waals surface area contributed by atoms with Crippen LogP contribution in [0, 0.1) is 0 Å². The Morgan fingerprint density at radius 1 is 0.917 bits per heavy atom. The Balaban J connectivity index is 1.48. The molecule has 3 rings (SSSR count). The molecule has 0 spiro atoms. The van der Waals surface area contributed by atoms with Crippen LogP contribution in [0.2, 0.25) is 0 Å². The van der Waals surface area contributed by atoms with Crippen molar-refractivity contribution in [2.75, 3.05) is 39.8 Å². The standard InChI is InChI=1S/C21H28N2O/c1-18(20-6-4-3-5-7-20)24-21-10-8-19(9-11-21)12-13-23-16-14-22(2)15-17-23/h3-11,18H,12-17H2,1-2H3/t18-/m0/s1. The fraction of sp³-hybridized carbons (Fsp3) is 0.429. The van der Waals surface area contributed by atoms with Crippen LogP contribution >= 0.6 is 0 Å². The molecule has 0 amide bonds. The summed E-state index contributed by atoms with van der Waals surface area (Å²) >= 11 is 0. The number of benzene rings is 2. The monoisotopic (exact) mass is 324 g/mol. The van der Waals surface area contributed by atoms with Crippen LogP contribution in [-0.2, 0) is 6.42 Å². The molecular formula is C21H28N2O. The van der Waals surface area contributed by atoms with Gasteiger partial charge in [0.05, 0.1) is 0 Å². The summed E-state index contributed by atoms with van der Waals surface area (Å²) in [6.07, 6.45) is 1.18. The molecule has 1 aliphatic heterocycles. The van der Waals surface area contributed by atoms with E-state index in [9.17, 15) is 0 Å². The molecule has 2 aromatic carbocycles. The zero-order valence-corrected chi connectivity index (χ0v) is 14.8. The molecule has 3 heteroatoms. The normalized spacial score (nSPS) is 17.6. The predicted molar refractivity (Wildman–Crippen MR) is 99.6 cm³/mol. The van der Waals surface area contributed by atoms with Crippen molar-refractivity contribution in [2.45, 2.75) is 19.4 Å². The van der Waals surface area contributed by atoms with Gasteiger partial charge in [-0.05, 0) is 43.7 Å². The van der Waals surface area contributed by atoms with Gasteiger partial charge in [0.15, 0.2) is 0 Å². The van der Waals surface area contributed by atoms with E-state index in [-0.39, 0.29) is 6.10 Å². The van der Waals surface area contributed by atoms with Gasteiger partial charge in [0.25, 0.3) is 0 Å². The van der Waals surface area contributed by atoms with Crippen LogP contribution in [0.1, 0.15) is 24.2 Å². The second kappa shape index (κ2) is 8.32. The van der Waals surface area contributed by atoms with Crippen LogP contribution in [0.4, 0.5) is 0 Å². The van der Waals surface area contributed by atoms with Crippen LogP contribution in [-0.4, -0.2) is 49.6 Å². The van der Waals surface area contributed by atoms with E-state index in [1.807, 2.05) is 6.07 Å². The Morgan fingerprint density at radius 2 is 1.58 bits per heavy atom. The molecule has 0 unspecified atom stereocenters. The lowest BCUT2D eigenvalue weighted by molar-refractivity contribution is 0.155. The molecule has 0 aliphatic carbocycles. The number of piperazine rings is 1. The summed E-state index contributed by atoms with van der Waals surface area (Å²) in [6.45, 7) is 7.98. The van der Waals surface area contributed by atoms with Gasteiger partial charge in [0.2, 0.25) is 0 Å². The van der Waals surface area contributed by atoms with E-state index in [2.05, 4.69) is 72.3 Å². The zero-order valence-electron chi connectivity index (χ0n) is 14.8. The van der Waals surface area contributed by atoms with Crippen LogP contribution in [0.15, 0.2) is 54.6 Å². The fourth-order valence-electron chi connectivity index (χ4n) is 3.09. The van der Waals surface area contributed by atoms with Crippen LogP contribution in [0.5, 0.6) is 5.75 Å². The number of rotatable bonds is 6. The summed E-state index contributed by atoms with van der Waals surface area (Å²) in [5.74, 6) is 0.940. The van der Waals surface area contributed by atoms with Crippen molar-refractivity contribution in [3.05, 3.63) is 65.7 Å². The molecule has 24 heavy (non-hydrogen) atoms. The highest BCUT2D eigenvalue weighted by atomic mass is 16.5. The molecule has 1 saturated heterocycles. The molecule has 128 valence electrons. The molecule has 1 atom stereocenters. The number of likely N-dealkylation sites (N-methyl/N-ethyl adjacent to an activating group) is 1. The van der Waals surface area contributed by atoms with E-state index in [0.29, 0.717) is 0 Å². The molecule has 1 fully saturated rings. The van der Waals surface area contributed by atoms with Crippen molar-refractivity contribution >= 4 is 0 Å². The smallest absolute Gasteiger partial charge is 0.121 e. The highest BCUT2D eigenvalue weighted by molar-refractivity contribution is 5.28. The Labute approximate surface area is 145 Å². The summed E-state index contributed by atoms with van der Waals surface area (Å²) in [4.78, 5) is 4.96. The number of hydrogen-bond acceptors (Lipinski definition) is 3. The minimum Gasteiger partial charge on any atom is -0.486 e. The molecule has 0 aromatic heterocycles. The van der Waals surface area contributed by atoms with Gasteiger partial charge in [-0.3, -0.25) is 0 Å². The third-order valence-corrected chi connectivity index (χ3v) is 4.82. The topological polar surface area (TPSA) is 15.7 Å². The third kappa shape index (κ3) is 4.83. The van der Waals surface area contributed by atoms with Crippen molar-refractivity contribution in [1.29, 1.82) is 0 Å². The summed E-state index contributed by atoms with van der Waals surface area (Å²) < 4.78 is 6.05. The van der Waals surface area contributed by atoms with Gasteiger partial charge in [0.1, 0.15) is 11.9 Å². The van der Waals surface area contributed by atoms with E-state index in [1.54, 1.807) is 0 Å². The first-order valence-corrected chi connectivity index (χ1v) is 8.92. The lowest BCUT2D eigenvalue weighted by Gasteiger charge is -2.32. The first kappa shape index (κ1) is 17.0. The quantitative estimate of drug-likeness (QED) is 0.807. The summed E-state index contributed by atoms with van der Waals surface area (Å²) in [6, 6.07) is 18.9. The Bertz CT molecular complexity index is 603. The summed E-state index contributed by atoms with van der Waals surface area (Å²) in [5.41, 5.74) is 2.59. The van der Waals surface area contributed by atoms with E-state index in [4.69, 9.17) is 4.74 Å². The first-order valence-electron chi connectivity index (χ1n) is 8.92. The van der Waals surface area contributed by atoms with E-state index >= 15 is 0 Å². The number of ether oxygens (including phenoxy) is 1. The van der Waals surface area contributed by atoms with Gasteiger partial charge in [-0.25, -0.2) is 0 Å². The van der Waals surface area contributed by atoms with Gasteiger partial charge < -0.3 is 14.5 Å². The average molecular weight is 324 g/mol. The molecule has 2 aromatic rings. The lowest BCUT2D eigenvalue weighted by Crippen LogP contribution is -2.45. The largest absolute Gasteiger partial charge is 0.486 e. The van der Waals surface area contributed by atoms with E-state index in [1.165, 1.54) is 37.3 Å². The Kier molecular flexibility index (Phi) is 5.89. The van der Waals surface area contributed by atoms with E-state index < -0.39 is 0 Å². The highest BCUT2D eigenvalue weighted by Gasteiger charge is 2.13. The Hall–Kier alpha value is -1.84. The maximum absolute atomic E-state index is 6.05. The number of nitrogens with zero attached hydrogens (tertiary/aromatic N) is 2. The van der Waals surface area contributed by atoms with Crippen molar-refractivity contribution in [3.63, 3.8) is 0 Å². The predicted octanol–water partition coefficient (Wildman–Crippen LogP) is 3.62. The second-order valence-corrected chi connectivity index (χ2v) is 6.71. The second-order valence-electron chi connectivity index (χ2n) is 6.71. The van der Waals surface area contributed by atoms with Gasteiger partial charge in [-0.1, -0.05) is 42.5 Å². The average Bonchev–Trinajstić information content (AvgIpc) is 2.63. The molecule has 1 aliphatic rings. The minimum atomic E-state index is 0.0717. The first-order chi connectivity index (χ1) is 11.7. The SMILES string of the molecule is C[C@H](Oc1ccc(CCN2CCN(C)CC2)cc1)c1ccccc1. The molecule has 3 nitrogen and oxygen atoms in total. The minimum absolute atomic E-state index is 0.0717. The Morgan fingerprint density at radius 3 is 2.25 bits per heavy atom. The van der Waals surface area contributed by atoms with Crippen molar-refractivity contribution in [1.82, 2.24) is 9.80 Å². The maximum Gasteiger partial charge on any atom is 0.121 e. The van der Waals surface area contributed by atoms with Crippen LogP contribution in [0.25, 0.3) is 0 Å². The molecule has 1 heterocycles. The van der Waals surface area contributed by atoms with Gasteiger partial charge in [-0.15, -0.1) is 0 Å². The zero-order chi connectivity index (χ0) is 16.8. The molecule has 0 N–H and O–H groups in total. The number of hydrogen-bond donors (Lipinski definition) is 0. The van der Waals surface area contributed by atoms with Crippen molar-refractivity contribution in [2.24, 2.45) is 0 Å². The lowest BCUT2D eigenvalue weighted by atomic mass is 10.1. The van der Waals surface area contributed by atoms with Gasteiger partial charge >= 0.3 is 0 Å². The maximum atomic E-state index is 6.05. The molecule has 0 saturated carbocycles.